The van der Waals surface area contributed by atoms with E-state index in [-0.39, 0.29) is 24.7 Å². The number of aromatic hydroxyl groups is 1. The van der Waals surface area contributed by atoms with E-state index < -0.39 is 12.7 Å². The van der Waals surface area contributed by atoms with E-state index in [2.05, 4.69) is 0 Å². The van der Waals surface area contributed by atoms with Crippen molar-refractivity contribution < 1.29 is 18.3 Å². The summed E-state index contributed by atoms with van der Waals surface area (Å²) >= 11 is 5.47. The smallest absolute Gasteiger partial charge is 0.401 e. The van der Waals surface area contributed by atoms with Crippen molar-refractivity contribution in [2.75, 3.05) is 19.0 Å². The zero-order chi connectivity index (χ0) is 12.9. The SMILES string of the molecule is Oc1ccc(CN(CCCl)CC(F)(F)F)cc1. The third-order valence-corrected chi connectivity index (χ3v) is 2.32. The lowest BCUT2D eigenvalue weighted by Gasteiger charge is -2.22. The van der Waals surface area contributed by atoms with E-state index in [9.17, 15) is 13.2 Å². The molecule has 0 aliphatic carbocycles. The largest absolute Gasteiger partial charge is 0.508 e. The first-order chi connectivity index (χ1) is 7.90. The van der Waals surface area contributed by atoms with Crippen LogP contribution in [-0.4, -0.2) is 35.2 Å². The van der Waals surface area contributed by atoms with E-state index in [4.69, 9.17) is 16.7 Å². The van der Waals surface area contributed by atoms with Crippen LogP contribution in [0.4, 0.5) is 13.2 Å². The Morgan fingerprint density at radius 2 is 1.76 bits per heavy atom. The molecule has 0 spiro atoms. The summed E-state index contributed by atoms with van der Waals surface area (Å²) in [5.41, 5.74) is 0.706. The third kappa shape index (κ3) is 5.79. The topological polar surface area (TPSA) is 23.5 Å². The van der Waals surface area contributed by atoms with Crippen LogP contribution >= 0.6 is 11.6 Å². The first-order valence-corrected chi connectivity index (χ1v) is 5.57. The molecule has 0 aliphatic rings. The molecular weight excluding hydrogens is 255 g/mol. The molecule has 17 heavy (non-hydrogen) atoms. The van der Waals surface area contributed by atoms with Gasteiger partial charge >= 0.3 is 6.18 Å². The van der Waals surface area contributed by atoms with Crippen molar-refractivity contribution in [2.45, 2.75) is 12.7 Å². The lowest BCUT2D eigenvalue weighted by molar-refractivity contribution is -0.146. The second-order valence-corrected chi connectivity index (χ2v) is 4.06. The fourth-order valence-corrected chi connectivity index (χ4v) is 1.69. The Kier molecular flexibility index (Phi) is 5.08. The van der Waals surface area contributed by atoms with Crippen LogP contribution in [0.25, 0.3) is 0 Å². The molecule has 0 aliphatic heterocycles. The molecule has 0 bridgehead atoms. The molecule has 1 N–H and O–H groups in total. The van der Waals surface area contributed by atoms with Crippen molar-refractivity contribution in [2.24, 2.45) is 0 Å². The highest BCUT2D eigenvalue weighted by Gasteiger charge is 2.30. The van der Waals surface area contributed by atoms with Crippen LogP contribution in [0.2, 0.25) is 0 Å². The second-order valence-electron chi connectivity index (χ2n) is 3.68. The van der Waals surface area contributed by atoms with Crippen molar-refractivity contribution >= 4 is 11.6 Å². The van der Waals surface area contributed by atoms with Gasteiger partial charge in [-0.05, 0) is 17.7 Å². The summed E-state index contributed by atoms with van der Waals surface area (Å²) < 4.78 is 36.8. The second kappa shape index (κ2) is 6.12. The van der Waals surface area contributed by atoms with Gasteiger partial charge < -0.3 is 5.11 Å². The molecule has 0 saturated heterocycles. The summed E-state index contributed by atoms with van der Waals surface area (Å²) in [6.45, 7) is -0.658. The van der Waals surface area contributed by atoms with Gasteiger partial charge in [0.2, 0.25) is 0 Å². The van der Waals surface area contributed by atoms with Crippen LogP contribution in [0.15, 0.2) is 24.3 Å². The standard InChI is InChI=1S/C11H13ClF3NO/c12-5-6-16(8-11(13,14)15)7-9-1-3-10(17)4-2-9/h1-4,17H,5-8H2. The lowest BCUT2D eigenvalue weighted by Crippen LogP contribution is -2.35. The van der Waals surface area contributed by atoms with Crippen LogP contribution in [0.3, 0.4) is 0 Å². The summed E-state index contributed by atoms with van der Waals surface area (Å²) in [7, 11) is 0. The minimum absolute atomic E-state index is 0.0912. The van der Waals surface area contributed by atoms with Crippen LogP contribution in [0.1, 0.15) is 5.56 Å². The molecule has 0 radical (unpaired) electrons. The van der Waals surface area contributed by atoms with Crippen molar-refractivity contribution in [3.8, 4) is 5.75 Å². The number of nitrogens with zero attached hydrogens (tertiary/aromatic N) is 1. The first-order valence-electron chi connectivity index (χ1n) is 5.03. The molecule has 1 rings (SSSR count). The summed E-state index contributed by atoms with van der Waals surface area (Å²) in [4.78, 5) is 1.22. The maximum absolute atomic E-state index is 12.3. The van der Waals surface area contributed by atoms with Gasteiger partial charge in [-0.25, -0.2) is 0 Å². The highest BCUT2D eigenvalue weighted by Crippen LogP contribution is 2.19. The Labute approximate surface area is 103 Å². The normalized spacial score (nSPS) is 12.1. The average molecular weight is 268 g/mol. The van der Waals surface area contributed by atoms with Crippen molar-refractivity contribution in [3.63, 3.8) is 0 Å². The van der Waals surface area contributed by atoms with E-state index in [1.807, 2.05) is 0 Å². The Balaban J connectivity index is 2.63. The Hall–Kier alpha value is -0.940. The predicted octanol–water partition coefficient (Wildman–Crippen LogP) is 3.00. The quantitative estimate of drug-likeness (QED) is 0.829. The zero-order valence-corrected chi connectivity index (χ0v) is 9.80. The number of rotatable bonds is 5. The fourth-order valence-electron chi connectivity index (χ4n) is 1.45. The van der Waals surface area contributed by atoms with E-state index >= 15 is 0 Å². The lowest BCUT2D eigenvalue weighted by atomic mass is 10.2. The molecule has 6 heteroatoms. The monoisotopic (exact) mass is 267 g/mol. The van der Waals surface area contributed by atoms with Crippen LogP contribution in [0.5, 0.6) is 5.75 Å². The van der Waals surface area contributed by atoms with Gasteiger partial charge in [0.25, 0.3) is 0 Å². The predicted molar refractivity (Wildman–Crippen MR) is 60.2 cm³/mol. The number of alkyl halides is 4. The Bertz CT molecular complexity index is 340. The molecule has 1 aromatic rings. The van der Waals surface area contributed by atoms with E-state index in [1.54, 1.807) is 12.1 Å². The number of phenols is 1. The van der Waals surface area contributed by atoms with Crippen LogP contribution in [-0.2, 0) is 6.54 Å². The molecule has 0 amide bonds. The maximum atomic E-state index is 12.3. The summed E-state index contributed by atoms with van der Waals surface area (Å²) in [6.07, 6.45) is -4.23. The summed E-state index contributed by atoms with van der Waals surface area (Å²) in [5.74, 6) is 0.238. The average Bonchev–Trinajstić information content (AvgIpc) is 2.19. The number of hydrogen-bond acceptors (Lipinski definition) is 2. The van der Waals surface area contributed by atoms with E-state index in [1.165, 1.54) is 17.0 Å². The molecule has 0 unspecified atom stereocenters. The molecule has 0 aromatic heterocycles. The molecule has 1 aromatic carbocycles. The number of phenolic OH excluding ortho intramolecular Hbond substituents is 1. The molecule has 0 saturated carbocycles. The first kappa shape index (κ1) is 14.1. The Morgan fingerprint density at radius 1 is 1.18 bits per heavy atom. The van der Waals surface area contributed by atoms with E-state index in [0.29, 0.717) is 5.56 Å². The number of benzene rings is 1. The summed E-state index contributed by atoms with van der Waals surface area (Å²) in [6, 6.07) is 6.07. The van der Waals surface area contributed by atoms with Gasteiger partial charge in [0.1, 0.15) is 5.75 Å². The zero-order valence-electron chi connectivity index (χ0n) is 9.04. The maximum Gasteiger partial charge on any atom is 0.401 e. The van der Waals surface area contributed by atoms with Crippen LogP contribution < -0.4 is 0 Å². The molecular formula is C11H13ClF3NO. The molecule has 0 atom stereocenters. The highest BCUT2D eigenvalue weighted by molar-refractivity contribution is 6.18. The number of hydrogen-bond donors (Lipinski definition) is 1. The minimum atomic E-state index is -4.23. The van der Waals surface area contributed by atoms with Gasteiger partial charge in [-0.2, -0.15) is 13.2 Å². The van der Waals surface area contributed by atoms with Gasteiger partial charge in [-0.1, -0.05) is 12.1 Å². The minimum Gasteiger partial charge on any atom is -0.508 e. The number of halogens is 4. The van der Waals surface area contributed by atoms with Crippen LogP contribution in [0, 0.1) is 0 Å². The molecule has 2 nitrogen and oxygen atoms in total. The van der Waals surface area contributed by atoms with Gasteiger partial charge in [0, 0.05) is 19.0 Å². The van der Waals surface area contributed by atoms with Crippen molar-refractivity contribution in [1.82, 2.24) is 4.90 Å². The van der Waals surface area contributed by atoms with Gasteiger partial charge in [0.15, 0.2) is 0 Å². The third-order valence-electron chi connectivity index (χ3n) is 2.15. The van der Waals surface area contributed by atoms with Gasteiger partial charge in [-0.3, -0.25) is 4.90 Å². The van der Waals surface area contributed by atoms with E-state index in [0.717, 1.165) is 0 Å². The van der Waals surface area contributed by atoms with Gasteiger partial charge in [0.05, 0.1) is 6.54 Å². The van der Waals surface area contributed by atoms with Crippen molar-refractivity contribution in [1.29, 1.82) is 0 Å². The van der Waals surface area contributed by atoms with Gasteiger partial charge in [-0.15, -0.1) is 11.6 Å². The fraction of sp³-hybridized carbons (Fsp3) is 0.455. The van der Waals surface area contributed by atoms with Crippen molar-refractivity contribution in [3.05, 3.63) is 29.8 Å². The summed E-state index contributed by atoms with van der Waals surface area (Å²) in [5, 5.41) is 9.07. The molecule has 0 heterocycles. The highest BCUT2D eigenvalue weighted by atomic mass is 35.5. The molecule has 96 valence electrons. The molecule has 0 fully saturated rings. The Morgan fingerprint density at radius 3 is 2.24 bits per heavy atom.